The normalized spacial score (nSPS) is 22.7. The molecule has 110 valence electrons. The fourth-order valence-electron chi connectivity index (χ4n) is 2.65. The zero-order valence-electron chi connectivity index (χ0n) is 12.7. The second-order valence-corrected chi connectivity index (χ2v) is 5.66. The van der Waals surface area contributed by atoms with Crippen molar-refractivity contribution in [1.82, 2.24) is 0 Å². The molecule has 2 atom stereocenters. The fourth-order valence-corrected chi connectivity index (χ4v) is 2.65. The Bertz CT molecular complexity index is 403. The van der Waals surface area contributed by atoms with Crippen molar-refractivity contribution < 1.29 is 9.47 Å². The number of benzene rings is 1. The van der Waals surface area contributed by atoms with Gasteiger partial charge in [0.05, 0.1) is 12.4 Å². The molecule has 2 heteroatoms. The van der Waals surface area contributed by atoms with Gasteiger partial charge in [0.1, 0.15) is 0 Å². The van der Waals surface area contributed by atoms with Gasteiger partial charge in [0.25, 0.3) is 0 Å². The molecule has 0 amide bonds. The molecule has 0 bridgehead atoms. The van der Waals surface area contributed by atoms with Crippen LogP contribution in [0.3, 0.4) is 0 Å². The van der Waals surface area contributed by atoms with E-state index in [-0.39, 0.29) is 6.10 Å². The van der Waals surface area contributed by atoms with E-state index in [2.05, 4.69) is 38.1 Å². The third-order valence-corrected chi connectivity index (χ3v) is 4.10. The Morgan fingerprint density at radius 2 is 2.00 bits per heavy atom. The summed E-state index contributed by atoms with van der Waals surface area (Å²) in [5.41, 5.74) is 2.40. The second kappa shape index (κ2) is 8.11. The molecule has 2 rings (SSSR count). The maximum absolute atomic E-state index is 5.98. The maximum Gasteiger partial charge on any atom is 0.0979 e. The first-order chi connectivity index (χ1) is 9.77. The Balaban J connectivity index is 1.88. The number of rotatable bonds is 4. The van der Waals surface area contributed by atoms with Crippen LogP contribution in [0.15, 0.2) is 36.6 Å². The van der Waals surface area contributed by atoms with Gasteiger partial charge in [-0.3, -0.25) is 0 Å². The predicted octanol–water partition coefficient (Wildman–Crippen LogP) is 4.66. The van der Waals surface area contributed by atoms with Crippen LogP contribution in [0.1, 0.15) is 45.1 Å². The first-order valence-electron chi connectivity index (χ1n) is 7.73. The summed E-state index contributed by atoms with van der Waals surface area (Å²) in [7, 11) is 0. The molecule has 0 aromatic heterocycles. The minimum absolute atomic E-state index is 0.260. The van der Waals surface area contributed by atoms with Gasteiger partial charge in [-0.25, -0.2) is 0 Å². The standard InChI is InChI=1S/C18H26O2/c1-15(17-8-4-3-5-9-17)14-20-16(2)18-10-6-7-12-19-13-11-18/h3-5,8-9,14,16,18H,6-7,10-13H2,1-2H3/b15-14-. The molecule has 0 N–H and O–H groups in total. The topological polar surface area (TPSA) is 18.5 Å². The van der Waals surface area contributed by atoms with Crippen LogP contribution in [-0.4, -0.2) is 19.3 Å². The van der Waals surface area contributed by atoms with Crippen LogP contribution >= 0.6 is 0 Å². The monoisotopic (exact) mass is 274 g/mol. The Labute approximate surface area is 122 Å². The molecule has 1 aromatic rings. The third-order valence-electron chi connectivity index (χ3n) is 4.10. The zero-order chi connectivity index (χ0) is 14.2. The van der Waals surface area contributed by atoms with Gasteiger partial charge in [0, 0.05) is 13.2 Å². The van der Waals surface area contributed by atoms with Crippen LogP contribution in [0.25, 0.3) is 5.57 Å². The van der Waals surface area contributed by atoms with Crippen molar-refractivity contribution in [3.8, 4) is 0 Å². The van der Waals surface area contributed by atoms with Crippen LogP contribution in [0.5, 0.6) is 0 Å². The molecule has 0 aliphatic carbocycles. The molecule has 1 heterocycles. The highest BCUT2D eigenvalue weighted by Crippen LogP contribution is 2.23. The van der Waals surface area contributed by atoms with Gasteiger partial charge in [-0.2, -0.15) is 0 Å². The Morgan fingerprint density at radius 3 is 2.80 bits per heavy atom. The Morgan fingerprint density at radius 1 is 1.20 bits per heavy atom. The average Bonchev–Trinajstić information content (AvgIpc) is 2.45. The molecule has 1 aromatic carbocycles. The molecule has 0 spiro atoms. The van der Waals surface area contributed by atoms with Crippen molar-refractivity contribution in [1.29, 1.82) is 0 Å². The van der Waals surface area contributed by atoms with Gasteiger partial charge in [-0.05, 0) is 50.2 Å². The molecule has 20 heavy (non-hydrogen) atoms. The number of ether oxygens (including phenoxy) is 2. The van der Waals surface area contributed by atoms with E-state index in [1.807, 2.05) is 12.3 Å². The lowest BCUT2D eigenvalue weighted by Crippen LogP contribution is -2.22. The lowest BCUT2D eigenvalue weighted by molar-refractivity contribution is 0.0448. The highest BCUT2D eigenvalue weighted by atomic mass is 16.5. The first kappa shape index (κ1) is 15.1. The van der Waals surface area contributed by atoms with Crippen LogP contribution in [0.2, 0.25) is 0 Å². The molecule has 1 aliphatic rings. The van der Waals surface area contributed by atoms with E-state index in [0.717, 1.165) is 19.6 Å². The van der Waals surface area contributed by atoms with Gasteiger partial charge in [0.15, 0.2) is 0 Å². The Hall–Kier alpha value is -1.28. The summed E-state index contributed by atoms with van der Waals surface area (Å²) in [6.07, 6.45) is 6.97. The molecule has 1 fully saturated rings. The molecular formula is C18H26O2. The van der Waals surface area contributed by atoms with Gasteiger partial charge >= 0.3 is 0 Å². The third kappa shape index (κ3) is 4.68. The highest BCUT2D eigenvalue weighted by molar-refractivity contribution is 5.62. The minimum Gasteiger partial charge on any atom is -0.498 e. The van der Waals surface area contributed by atoms with E-state index in [1.54, 1.807) is 0 Å². The van der Waals surface area contributed by atoms with Crippen molar-refractivity contribution in [2.24, 2.45) is 5.92 Å². The summed E-state index contributed by atoms with van der Waals surface area (Å²) in [6, 6.07) is 10.4. The smallest absolute Gasteiger partial charge is 0.0979 e. The second-order valence-electron chi connectivity index (χ2n) is 5.66. The fraction of sp³-hybridized carbons (Fsp3) is 0.556. The van der Waals surface area contributed by atoms with Crippen LogP contribution in [0.4, 0.5) is 0 Å². The quantitative estimate of drug-likeness (QED) is 0.743. The number of hydrogen-bond donors (Lipinski definition) is 0. The molecule has 0 radical (unpaired) electrons. The van der Waals surface area contributed by atoms with E-state index in [1.165, 1.54) is 30.4 Å². The summed E-state index contributed by atoms with van der Waals surface area (Å²) in [5.74, 6) is 0.607. The molecule has 1 saturated heterocycles. The molecule has 2 unspecified atom stereocenters. The maximum atomic E-state index is 5.98. The van der Waals surface area contributed by atoms with Gasteiger partial charge in [-0.15, -0.1) is 0 Å². The summed E-state index contributed by atoms with van der Waals surface area (Å²) in [5, 5.41) is 0. The van der Waals surface area contributed by atoms with Crippen LogP contribution < -0.4 is 0 Å². The van der Waals surface area contributed by atoms with Crippen LogP contribution in [-0.2, 0) is 9.47 Å². The van der Waals surface area contributed by atoms with E-state index in [9.17, 15) is 0 Å². The lowest BCUT2D eigenvalue weighted by Gasteiger charge is -2.25. The average molecular weight is 274 g/mol. The van der Waals surface area contributed by atoms with E-state index < -0.39 is 0 Å². The van der Waals surface area contributed by atoms with E-state index in [0.29, 0.717) is 5.92 Å². The minimum atomic E-state index is 0.260. The summed E-state index contributed by atoms with van der Waals surface area (Å²) in [4.78, 5) is 0. The molecule has 0 saturated carbocycles. The zero-order valence-corrected chi connectivity index (χ0v) is 12.7. The van der Waals surface area contributed by atoms with Crippen molar-refractivity contribution >= 4 is 5.57 Å². The summed E-state index contributed by atoms with van der Waals surface area (Å²) in [6.45, 7) is 6.08. The van der Waals surface area contributed by atoms with Crippen molar-refractivity contribution in [2.45, 2.75) is 45.6 Å². The lowest BCUT2D eigenvalue weighted by atomic mass is 9.93. The molecule has 1 aliphatic heterocycles. The number of allylic oxidation sites excluding steroid dienone is 1. The Kier molecular flexibility index (Phi) is 6.13. The van der Waals surface area contributed by atoms with Gasteiger partial charge < -0.3 is 9.47 Å². The molecular weight excluding hydrogens is 248 g/mol. The highest BCUT2D eigenvalue weighted by Gasteiger charge is 2.19. The van der Waals surface area contributed by atoms with E-state index >= 15 is 0 Å². The van der Waals surface area contributed by atoms with Gasteiger partial charge in [-0.1, -0.05) is 36.8 Å². The van der Waals surface area contributed by atoms with Crippen molar-refractivity contribution in [2.75, 3.05) is 13.2 Å². The van der Waals surface area contributed by atoms with Crippen LogP contribution in [0, 0.1) is 5.92 Å². The summed E-state index contributed by atoms with van der Waals surface area (Å²) >= 11 is 0. The van der Waals surface area contributed by atoms with Gasteiger partial charge in [0.2, 0.25) is 0 Å². The summed E-state index contributed by atoms with van der Waals surface area (Å²) < 4.78 is 11.6. The SMILES string of the molecule is C/C(=C/OC(C)C1CCCCOCC1)c1ccccc1. The van der Waals surface area contributed by atoms with Crippen molar-refractivity contribution in [3.63, 3.8) is 0 Å². The predicted molar refractivity (Wildman–Crippen MR) is 83.4 cm³/mol. The van der Waals surface area contributed by atoms with E-state index in [4.69, 9.17) is 9.47 Å². The molecule has 2 nitrogen and oxygen atoms in total. The first-order valence-corrected chi connectivity index (χ1v) is 7.73. The largest absolute Gasteiger partial charge is 0.498 e. The van der Waals surface area contributed by atoms with Crippen molar-refractivity contribution in [3.05, 3.63) is 42.2 Å². The number of hydrogen-bond acceptors (Lipinski definition) is 2.